The van der Waals surface area contributed by atoms with E-state index in [0.29, 0.717) is 0 Å². The standard InChI is InChI=1S/C13H12ClF3N2O3/c1-6(20)9-10(7-4-2-3-5-8(7)14)18-11(21)19-12(9,22)13(15,16)17/h2-5,9-10,22H,1H3,(H2,18,19,21)/t9-,10+,12-/m1/s1. The predicted octanol–water partition coefficient (Wildman–Crippen LogP) is 2.15. The molecular formula is C13H12ClF3N2O3. The Balaban J connectivity index is 2.60. The second kappa shape index (κ2) is 5.44. The zero-order valence-electron chi connectivity index (χ0n) is 11.2. The van der Waals surface area contributed by atoms with Gasteiger partial charge in [0.1, 0.15) is 5.78 Å². The number of urea groups is 1. The first kappa shape index (κ1) is 16.6. The molecule has 2 rings (SSSR count). The minimum absolute atomic E-state index is 0.0745. The molecule has 0 unspecified atom stereocenters. The number of halogens is 4. The first-order chi connectivity index (χ1) is 10.1. The normalized spacial score (nSPS) is 28.7. The van der Waals surface area contributed by atoms with Gasteiger partial charge in [0.25, 0.3) is 0 Å². The summed E-state index contributed by atoms with van der Waals surface area (Å²) < 4.78 is 39.7. The van der Waals surface area contributed by atoms with Gasteiger partial charge in [-0.15, -0.1) is 0 Å². The van der Waals surface area contributed by atoms with E-state index in [4.69, 9.17) is 11.6 Å². The zero-order chi connectivity index (χ0) is 16.7. The van der Waals surface area contributed by atoms with Gasteiger partial charge < -0.3 is 15.7 Å². The highest BCUT2D eigenvalue weighted by Crippen LogP contribution is 2.43. The average molecular weight is 337 g/mol. The van der Waals surface area contributed by atoms with Crippen LogP contribution in [0.1, 0.15) is 18.5 Å². The van der Waals surface area contributed by atoms with Crippen LogP contribution in [0.15, 0.2) is 24.3 Å². The molecule has 0 saturated carbocycles. The third-order valence-electron chi connectivity index (χ3n) is 3.48. The van der Waals surface area contributed by atoms with Crippen LogP contribution in [0.4, 0.5) is 18.0 Å². The maximum absolute atomic E-state index is 13.2. The lowest BCUT2D eigenvalue weighted by Crippen LogP contribution is -2.72. The smallest absolute Gasteiger partial charge is 0.363 e. The van der Waals surface area contributed by atoms with Crippen LogP contribution in [0.5, 0.6) is 0 Å². The van der Waals surface area contributed by atoms with E-state index in [-0.39, 0.29) is 10.6 Å². The van der Waals surface area contributed by atoms with Crippen LogP contribution in [0, 0.1) is 5.92 Å². The van der Waals surface area contributed by atoms with Gasteiger partial charge in [0, 0.05) is 5.02 Å². The van der Waals surface area contributed by atoms with E-state index in [1.165, 1.54) is 23.5 Å². The van der Waals surface area contributed by atoms with E-state index < -0.39 is 35.7 Å². The number of carbonyl (C=O) groups excluding carboxylic acids is 2. The summed E-state index contributed by atoms with van der Waals surface area (Å²) in [4.78, 5) is 23.3. The molecule has 1 aromatic rings. The number of benzene rings is 1. The summed E-state index contributed by atoms with van der Waals surface area (Å²) in [5, 5.41) is 13.7. The number of nitrogens with one attached hydrogen (secondary N) is 2. The van der Waals surface area contributed by atoms with Gasteiger partial charge in [-0.3, -0.25) is 4.79 Å². The van der Waals surface area contributed by atoms with E-state index in [1.807, 2.05) is 0 Å². The molecule has 120 valence electrons. The molecule has 1 saturated heterocycles. The van der Waals surface area contributed by atoms with Crippen molar-refractivity contribution in [2.45, 2.75) is 24.9 Å². The first-order valence-corrected chi connectivity index (χ1v) is 6.58. The summed E-state index contributed by atoms with van der Waals surface area (Å²) in [5.41, 5.74) is -3.56. The average Bonchev–Trinajstić information content (AvgIpc) is 2.36. The van der Waals surface area contributed by atoms with Gasteiger partial charge in [-0.05, 0) is 18.6 Å². The number of carbonyl (C=O) groups is 2. The molecule has 9 heteroatoms. The summed E-state index contributed by atoms with van der Waals surface area (Å²) >= 11 is 5.94. The second-order valence-electron chi connectivity index (χ2n) is 4.95. The number of aliphatic hydroxyl groups is 1. The Morgan fingerprint density at radius 1 is 1.36 bits per heavy atom. The monoisotopic (exact) mass is 336 g/mol. The first-order valence-electron chi connectivity index (χ1n) is 6.20. The molecule has 0 radical (unpaired) electrons. The molecule has 1 heterocycles. The highest BCUT2D eigenvalue weighted by Gasteiger charge is 2.65. The Morgan fingerprint density at radius 2 is 1.95 bits per heavy atom. The van der Waals surface area contributed by atoms with Crippen molar-refractivity contribution in [1.82, 2.24) is 10.6 Å². The van der Waals surface area contributed by atoms with Gasteiger partial charge in [-0.2, -0.15) is 13.2 Å². The summed E-state index contributed by atoms with van der Waals surface area (Å²) in [7, 11) is 0. The van der Waals surface area contributed by atoms with Crippen molar-refractivity contribution in [1.29, 1.82) is 0 Å². The molecule has 0 aliphatic carbocycles. The van der Waals surface area contributed by atoms with Crippen molar-refractivity contribution in [3.05, 3.63) is 34.9 Å². The molecule has 5 nitrogen and oxygen atoms in total. The van der Waals surface area contributed by atoms with Crippen molar-refractivity contribution in [2.24, 2.45) is 5.92 Å². The summed E-state index contributed by atoms with van der Waals surface area (Å²) in [5.74, 6) is -2.93. The van der Waals surface area contributed by atoms with Crippen LogP contribution in [0.2, 0.25) is 5.02 Å². The lowest BCUT2D eigenvalue weighted by atomic mass is 9.79. The van der Waals surface area contributed by atoms with Gasteiger partial charge in [-0.25, -0.2) is 4.79 Å². The van der Waals surface area contributed by atoms with Crippen LogP contribution in [-0.4, -0.2) is 28.8 Å². The molecule has 0 bridgehead atoms. The summed E-state index contributed by atoms with van der Waals surface area (Å²) in [6.45, 7) is 0.907. The molecule has 1 aliphatic heterocycles. The van der Waals surface area contributed by atoms with Crippen molar-refractivity contribution in [3.63, 3.8) is 0 Å². The van der Waals surface area contributed by atoms with Crippen molar-refractivity contribution in [2.75, 3.05) is 0 Å². The third-order valence-corrected chi connectivity index (χ3v) is 3.83. The number of Topliss-reactive ketones (excluding diaryl/α,β-unsaturated/α-hetero) is 1. The minimum atomic E-state index is -5.24. The van der Waals surface area contributed by atoms with E-state index in [0.717, 1.165) is 6.92 Å². The number of amides is 2. The van der Waals surface area contributed by atoms with Gasteiger partial charge in [-0.1, -0.05) is 29.8 Å². The van der Waals surface area contributed by atoms with E-state index in [2.05, 4.69) is 5.32 Å². The van der Waals surface area contributed by atoms with Crippen LogP contribution < -0.4 is 10.6 Å². The Morgan fingerprint density at radius 3 is 2.45 bits per heavy atom. The quantitative estimate of drug-likeness (QED) is 0.774. The molecule has 0 spiro atoms. The Bertz CT molecular complexity index is 623. The Labute approximate surface area is 128 Å². The van der Waals surface area contributed by atoms with Crippen molar-refractivity contribution in [3.8, 4) is 0 Å². The van der Waals surface area contributed by atoms with Crippen molar-refractivity contribution >= 4 is 23.4 Å². The number of ketones is 1. The Hall–Kier alpha value is -1.80. The predicted molar refractivity (Wildman–Crippen MR) is 71.0 cm³/mol. The van der Waals surface area contributed by atoms with Crippen LogP contribution >= 0.6 is 11.6 Å². The molecule has 0 aromatic heterocycles. The highest BCUT2D eigenvalue weighted by molar-refractivity contribution is 6.31. The fraction of sp³-hybridized carbons (Fsp3) is 0.385. The molecule has 3 N–H and O–H groups in total. The van der Waals surface area contributed by atoms with E-state index in [1.54, 1.807) is 6.07 Å². The van der Waals surface area contributed by atoms with Gasteiger partial charge in [0.15, 0.2) is 0 Å². The Kier molecular flexibility index (Phi) is 4.09. The number of alkyl halides is 3. The summed E-state index contributed by atoms with van der Waals surface area (Å²) in [6.07, 6.45) is -5.24. The molecule has 3 atom stereocenters. The molecule has 22 heavy (non-hydrogen) atoms. The number of hydrogen-bond acceptors (Lipinski definition) is 3. The van der Waals surface area contributed by atoms with Crippen LogP contribution in [-0.2, 0) is 4.79 Å². The zero-order valence-corrected chi connectivity index (χ0v) is 12.0. The lowest BCUT2D eigenvalue weighted by molar-refractivity contribution is -0.290. The topological polar surface area (TPSA) is 78.4 Å². The SMILES string of the molecule is CC(=O)[C@@H]1[C@H](c2ccccc2Cl)NC(=O)N[C@]1(O)C(F)(F)F. The molecular weight excluding hydrogens is 325 g/mol. The van der Waals surface area contributed by atoms with E-state index in [9.17, 15) is 27.9 Å². The van der Waals surface area contributed by atoms with Crippen LogP contribution in [0.3, 0.4) is 0 Å². The fourth-order valence-electron chi connectivity index (χ4n) is 2.51. The molecule has 1 aliphatic rings. The maximum atomic E-state index is 13.2. The second-order valence-corrected chi connectivity index (χ2v) is 5.36. The summed E-state index contributed by atoms with van der Waals surface area (Å²) in [6, 6.07) is 3.18. The number of hydrogen-bond donors (Lipinski definition) is 3. The molecule has 2 amide bonds. The highest BCUT2D eigenvalue weighted by atomic mass is 35.5. The largest absolute Gasteiger partial charge is 0.437 e. The van der Waals surface area contributed by atoms with Gasteiger partial charge in [0.05, 0.1) is 12.0 Å². The maximum Gasteiger partial charge on any atom is 0.437 e. The van der Waals surface area contributed by atoms with Gasteiger partial charge in [0.2, 0.25) is 5.72 Å². The molecule has 1 fully saturated rings. The fourth-order valence-corrected chi connectivity index (χ4v) is 2.77. The van der Waals surface area contributed by atoms with Gasteiger partial charge >= 0.3 is 12.2 Å². The molecule has 1 aromatic carbocycles. The lowest BCUT2D eigenvalue weighted by Gasteiger charge is -2.44. The third kappa shape index (κ3) is 2.64. The van der Waals surface area contributed by atoms with E-state index >= 15 is 0 Å². The van der Waals surface area contributed by atoms with Crippen molar-refractivity contribution < 1.29 is 27.9 Å². The van der Waals surface area contributed by atoms with Crippen LogP contribution in [0.25, 0.3) is 0 Å². The number of rotatable bonds is 2. The minimum Gasteiger partial charge on any atom is -0.363 e.